The van der Waals surface area contributed by atoms with Gasteiger partial charge in [0, 0.05) is 12.8 Å². The fourth-order valence-electron chi connectivity index (χ4n) is 2.82. The van der Waals surface area contributed by atoms with Crippen LogP contribution in [-0.4, -0.2) is 47.7 Å². The molecule has 112 valence electrons. The highest BCUT2D eigenvalue weighted by atomic mass is 35.5. The van der Waals surface area contributed by atoms with Crippen LogP contribution in [0.2, 0.25) is 10.0 Å². The molecule has 0 aromatic heterocycles. The number of rotatable bonds is 2. The molecule has 2 aliphatic rings. The molecular weight excluding hydrogens is 315 g/mol. The van der Waals surface area contributed by atoms with Gasteiger partial charge in [-0.15, -0.1) is 0 Å². The lowest BCUT2D eigenvalue weighted by Crippen LogP contribution is -3.14. The van der Waals surface area contributed by atoms with Crippen LogP contribution in [-0.2, 0) is 0 Å². The van der Waals surface area contributed by atoms with E-state index in [1.54, 1.807) is 0 Å². The molecule has 0 atom stereocenters. The van der Waals surface area contributed by atoms with Crippen LogP contribution < -0.4 is 4.90 Å². The predicted octanol–water partition coefficient (Wildman–Crippen LogP) is 0.587. The minimum Gasteiger partial charge on any atom is -0.393 e. The molecule has 5 nitrogen and oxygen atoms in total. The molecule has 0 unspecified atom stereocenters. The number of quaternary nitrogens is 1. The second kappa shape index (κ2) is 5.57. The number of hydrogen-bond donors (Lipinski definition) is 2. The molecule has 1 aromatic rings. The highest BCUT2D eigenvalue weighted by molar-refractivity contribution is 6.43. The third kappa shape index (κ3) is 2.66. The van der Waals surface area contributed by atoms with Gasteiger partial charge in [-0.25, -0.2) is 4.90 Å². The number of imide groups is 1. The van der Waals surface area contributed by atoms with Crippen molar-refractivity contribution in [2.45, 2.75) is 18.9 Å². The van der Waals surface area contributed by atoms with Crippen molar-refractivity contribution in [1.29, 1.82) is 0 Å². The van der Waals surface area contributed by atoms with Crippen LogP contribution in [0.25, 0.3) is 0 Å². The summed E-state index contributed by atoms with van der Waals surface area (Å²) in [7, 11) is 0. The molecule has 1 fully saturated rings. The monoisotopic (exact) mass is 329 g/mol. The number of likely N-dealkylation sites (tertiary alicyclic amines) is 1. The Morgan fingerprint density at radius 2 is 1.57 bits per heavy atom. The molecule has 0 radical (unpaired) electrons. The highest BCUT2D eigenvalue weighted by Crippen LogP contribution is 2.31. The minimum absolute atomic E-state index is 0.270. The van der Waals surface area contributed by atoms with Crippen molar-refractivity contribution in [2.24, 2.45) is 0 Å². The van der Waals surface area contributed by atoms with Gasteiger partial charge in [-0.05, 0) is 12.1 Å². The van der Waals surface area contributed by atoms with Gasteiger partial charge in [-0.1, -0.05) is 23.2 Å². The first kappa shape index (κ1) is 14.8. The maximum Gasteiger partial charge on any atom is 0.266 e. The third-order valence-corrected chi connectivity index (χ3v) is 4.78. The van der Waals surface area contributed by atoms with E-state index < -0.39 is 0 Å². The molecule has 0 saturated carbocycles. The summed E-state index contributed by atoms with van der Waals surface area (Å²) in [5, 5.41) is 10.0. The van der Waals surface area contributed by atoms with Crippen molar-refractivity contribution in [3.05, 3.63) is 33.3 Å². The number of fused-ring (bicyclic) bond motifs is 1. The zero-order valence-electron chi connectivity index (χ0n) is 11.2. The zero-order valence-corrected chi connectivity index (χ0v) is 12.7. The van der Waals surface area contributed by atoms with Crippen LogP contribution in [0.15, 0.2) is 12.1 Å². The number of carbonyl (C=O) groups excluding carboxylic acids is 2. The molecule has 1 saturated heterocycles. The zero-order chi connectivity index (χ0) is 15.1. The second-order valence-corrected chi connectivity index (χ2v) is 6.30. The van der Waals surface area contributed by atoms with Crippen molar-refractivity contribution in [1.82, 2.24) is 4.90 Å². The summed E-state index contributed by atoms with van der Waals surface area (Å²) in [6.07, 6.45) is 1.11. The van der Waals surface area contributed by atoms with Crippen molar-refractivity contribution in [2.75, 3.05) is 19.8 Å². The van der Waals surface area contributed by atoms with Gasteiger partial charge in [0.1, 0.15) is 0 Å². The van der Waals surface area contributed by atoms with Crippen molar-refractivity contribution in [3.8, 4) is 0 Å². The quantitative estimate of drug-likeness (QED) is 0.780. The Morgan fingerprint density at radius 3 is 2.05 bits per heavy atom. The van der Waals surface area contributed by atoms with E-state index in [4.69, 9.17) is 23.2 Å². The lowest BCUT2D eigenvalue weighted by atomic mass is 10.1. The van der Waals surface area contributed by atoms with Crippen LogP contribution in [0.3, 0.4) is 0 Å². The van der Waals surface area contributed by atoms with E-state index in [1.165, 1.54) is 17.0 Å². The standard InChI is InChI=1S/C14H14Cl2N2O3/c15-11-5-9-10(6-12(11)16)14(21)18(13(9)20)7-17-3-1-8(19)2-4-17/h5-6,8,19H,1-4,7H2/p+1. The maximum absolute atomic E-state index is 12.3. The Morgan fingerprint density at radius 1 is 1.10 bits per heavy atom. The lowest BCUT2D eigenvalue weighted by Gasteiger charge is -2.29. The molecule has 2 heterocycles. The number of hydrogen-bond acceptors (Lipinski definition) is 3. The van der Waals surface area contributed by atoms with Crippen LogP contribution in [0.5, 0.6) is 0 Å². The number of carbonyl (C=O) groups is 2. The molecule has 0 spiro atoms. The third-order valence-electron chi connectivity index (χ3n) is 4.06. The van der Waals surface area contributed by atoms with Gasteiger partial charge in [0.15, 0.2) is 6.67 Å². The number of amides is 2. The highest BCUT2D eigenvalue weighted by Gasteiger charge is 2.39. The largest absolute Gasteiger partial charge is 0.393 e. The summed E-state index contributed by atoms with van der Waals surface area (Å²) < 4.78 is 0. The Hall–Kier alpha value is -1.14. The van der Waals surface area contributed by atoms with E-state index in [1.807, 2.05) is 0 Å². The first-order valence-electron chi connectivity index (χ1n) is 6.84. The minimum atomic E-state index is -0.327. The molecule has 3 rings (SSSR count). The van der Waals surface area contributed by atoms with Crippen molar-refractivity contribution in [3.63, 3.8) is 0 Å². The number of aliphatic hydroxyl groups is 1. The fourth-order valence-corrected chi connectivity index (χ4v) is 3.15. The van der Waals surface area contributed by atoms with Crippen LogP contribution >= 0.6 is 23.2 Å². The maximum atomic E-state index is 12.3. The molecule has 2 aliphatic heterocycles. The van der Waals surface area contributed by atoms with E-state index >= 15 is 0 Å². The number of aliphatic hydroxyl groups excluding tert-OH is 1. The summed E-state index contributed by atoms with van der Waals surface area (Å²) in [4.78, 5) is 27.1. The van der Waals surface area contributed by atoms with Gasteiger partial charge in [0.2, 0.25) is 0 Å². The molecule has 0 bridgehead atoms. The number of nitrogens with zero attached hydrogens (tertiary/aromatic N) is 1. The number of nitrogens with one attached hydrogen (secondary N) is 1. The van der Waals surface area contributed by atoms with E-state index in [2.05, 4.69) is 0 Å². The van der Waals surface area contributed by atoms with Crippen molar-refractivity contribution >= 4 is 35.0 Å². The lowest BCUT2D eigenvalue weighted by molar-refractivity contribution is -0.913. The van der Waals surface area contributed by atoms with E-state index in [9.17, 15) is 14.7 Å². The number of piperidine rings is 1. The molecular formula is C14H15Cl2N2O3+. The average molecular weight is 330 g/mol. The molecule has 1 aromatic carbocycles. The average Bonchev–Trinajstić information content (AvgIpc) is 2.67. The molecule has 2 amide bonds. The van der Waals surface area contributed by atoms with Gasteiger partial charge >= 0.3 is 0 Å². The summed E-state index contributed by atoms with van der Waals surface area (Å²) in [5.41, 5.74) is 0.622. The van der Waals surface area contributed by atoms with Crippen LogP contribution in [0.1, 0.15) is 33.6 Å². The second-order valence-electron chi connectivity index (χ2n) is 5.49. The van der Waals surface area contributed by atoms with Gasteiger partial charge in [-0.3, -0.25) is 9.59 Å². The van der Waals surface area contributed by atoms with Crippen LogP contribution in [0, 0.1) is 0 Å². The topological polar surface area (TPSA) is 62.0 Å². The Labute approximate surface area is 132 Å². The first-order valence-corrected chi connectivity index (χ1v) is 7.60. The van der Waals surface area contributed by atoms with E-state index in [0.29, 0.717) is 30.6 Å². The molecule has 21 heavy (non-hydrogen) atoms. The van der Waals surface area contributed by atoms with Crippen molar-refractivity contribution < 1.29 is 19.6 Å². The van der Waals surface area contributed by atoms with E-state index in [0.717, 1.165) is 18.0 Å². The summed E-state index contributed by atoms with van der Waals surface area (Å²) >= 11 is 11.8. The van der Waals surface area contributed by atoms with Gasteiger partial charge < -0.3 is 10.0 Å². The van der Waals surface area contributed by atoms with Gasteiger partial charge in [-0.2, -0.15) is 0 Å². The number of benzene rings is 1. The predicted molar refractivity (Wildman–Crippen MR) is 77.8 cm³/mol. The summed E-state index contributed by atoms with van der Waals surface area (Å²) in [6, 6.07) is 2.91. The summed E-state index contributed by atoms with van der Waals surface area (Å²) in [5.74, 6) is -0.653. The molecule has 2 N–H and O–H groups in total. The normalized spacial score (nSPS) is 25.4. The van der Waals surface area contributed by atoms with Crippen LogP contribution in [0.4, 0.5) is 0 Å². The Balaban J connectivity index is 1.80. The summed E-state index contributed by atoms with van der Waals surface area (Å²) in [6.45, 7) is 1.81. The number of halogens is 2. The van der Waals surface area contributed by atoms with Gasteiger partial charge in [0.05, 0.1) is 40.4 Å². The van der Waals surface area contributed by atoms with Gasteiger partial charge in [0.25, 0.3) is 11.8 Å². The first-order chi connectivity index (χ1) is 9.97. The fraction of sp³-hybridized carbons (Fsp3) is 0.429. The smallest absolute Gasteiger partial charge is 0.266 e. The Kier molecular flexibility index (Phi) is 3.92. The molecule has 0 aliphatic carbocycles. The van der Waals surface area contributed by atoms with E-state index in [-0.39, 0.29) is 28.0 Å². The Bertz CT molecular complexity index is 571. The SMILES string of the molecule is O=C1c2cc(Cl)c(Cl)cc2C(=O)N1C[NH+]1CCC(O)CC1. The molecule has 7 heteroatoms.